The zero-order valence-corrected chi connectivity index (χ0v) is 10.9. The van der Waals surface area contributed by atoms with Crippen LogP contribution in [0.1, 0.15) is 25.5 Å². The van der Waals surface area contributed by atoms with Gasteiger partial charge in [-0.25, -0.2) is 0 Å². The number of ether oxygens (including phenoxy) is 1. The van der Waals surface area contributed by atoms with E-state index in [9.17, 15) is 9.90 Å². The zero-order chi connectivity index (χ0) is 12.1. The van der Waals surface area contributed by atoms with Gasteiger partial charge in [0.2, 0.25) is 0 Å². The van der Waals surface area contributed by atoms with Crippen LogP contribution in [0.15, 0.2) is 28.7 Å². The number of halogens is 1. The Morgan fingerprint density at radius 2 is 2.12 bits per heavy atom. The van der Waals surface area contributed by atoms with Crippen molar-refractivity contribution in [3.63, 3.8) is 0 Å². The summed E-state index contributed by atoms with van der Waals surface area (Å²) >= 11 is 3.34. The predicted molar refractivity (Wildman–Crippen MR) is 64.9 cm³/mol. The number of esters is 1. The van der Waals surface area contributed by atoms with Crippen LogP contribution < -0.4 is 0 Å². The number of hydrogen-bond acceptors (Lipinski definition) is 3. The van der Waals surface area contributed by atoms with Crippen LogP contribution in [0.4, 0.5) is 0 Å². The third kappa shape index (κ3) is 3.06. The lowest BCUT2D eigenvalue weighted by Crippen LogP contribution is -2.22. The fourth-order valence-corrected chi connectivity index (χ4v) is 1.91. The predicted octanol–water partition coefficient (Wildman–Crippen LogP) is 2.68. The third-order valence-corrected chi connectivity index (χ3v) is 3.08. The van der Waals surface area contributed by atoms with Crippen molar-refractivity contribution < 1.29 is 14.6 Å². The quantitative estimate of drug-likeness (QED) is 0.866. The van der Waals surface area contributed by atoms with E-state index in [1.807, 2.05) is 18.2 Å². The van der Waals surface area contributed by atoms with E-state index >= 15 is 0 Å². The molecule has 1 aromatic carbocycles. The van der Waals surface area contributed by atoms with Crippen LogP contribution in [0, 0.1) is 5.92 Å². The number of carbonyl (C=O) groups is 1. The van der Waals surface area contributed by atoms with E-state index in [0.29, 0.717) is 12.2 Å². The van der Waals surface area contributed by atoms with E-state index in [2.05, 4.69) is 15.9 Å². The minimum Gasteiger partial charge on any atom is -0.466 e. The number of rotatable bonds is 4. The molecular formula is C12H15BrO3. The van der Waals surface area contributed by atoms with E-state index < -0.39 is 12.0 Å². The highest BCUT2D eigenvalue weighted by Crippen LogP contribution is 2.28. The standard InChI is InChI=1S/C12H15BrO3/c1-3-16-12(15)8(2)11(14)9-6-4-5-7-10(9)13/h4-8,11,14H,3H2,1-2H3/t8-,11+/m1/s1. The van der Waals surface area contributed by atoms with Crippen molar-refractivity contribution in [3.8, 4) is 0 Å². The SMILES string of the molecule is CCOC(=O)[C@H](C)[C@H](O)c1ccccc1Br. The van der Waals surface area contributed by atoms with Crippen LogP contribution in [0.25, 0.3) is 0 Å². The lowest BCUT2D eigenvalue weighted by Gasteiger charge is -2.18. The van der Waals surface area contributed by atoms with E-state index in [1.54, 1.807) is 19.9 Å². The molecule has 3 nitrogen and oxygen atoms in total. The Morgan fingerprint density at radius 1 is 1.50 bits per heavy atom. The molecule has 0 aliphatic heterocycles. The molecule has 0 spiro atoms. The smallest absolute Gasteiger partial charge is 0.311 e. The number of benzene rings is 1. The largest absolute Gasteiger partial charge is 0.466 e. The Kier molecular flexibility index (Phi) is 4.96. The van der Waals surface area contributed by atoms with Gasteiger partial charge in [-0.05, 0) is 25.5 Å². The maximum atomic E-state index is 11.5. The first-order valence-electron chi connectivity index (χ1n) is 5.17. The molecule has 1 N–H and O–H groups in total. The molecule has 0 heterocycles. The second-order valence-electron chi connectivity index (χ2n) is 3.51. The number of aliphatic hydroxyl groups excluding tert-OH is 1. The van der Waals surface area contributed by atoms with Crippen LogP contribution in [0.3, 0.4) is 0 Å². The van der Waals surface area contributed by atoms with Gasteiger partial charge < -0.3 is 9.84 Å². The van der Waals surface area contributed by atoms with Crippen molar-refractivity contribution in [2.75, 3.05) is 6.61 Å². The highest BCUT2D eigenvalue weighted by atomic mass is 79.9. The lowest BCUT2D eigenvalue weighted by molar-refractivity contribution is -0.151. The van der Waals surface area contributed by atoms with Crippen molar-refractivity contribution in [2.24, 2.45) is 5.92 Å². The van der Waals surface area contributed by atoms with Crippen LogP contribution >= 0.6 is 15.9 Å². The summed E-state index contributed by atoms with van der Waals surface area (Å²) in [6.45, 7) is 3.73. The van der Waals surface area contributed by atoms with E-state index in [1.165, 1.54) is 0 Å². The van der Waals surface area contributed by atoms with E-state index in [4.69, 9.17) is 4.74 Å². The Morgan fingerprint density at radius 3 is 2.69 bits per heavy atom. The number of carbonyl (C=O) groups excluding carboxylic acids is 1. The van der Waals surface area contributed by atoms with Crippen LogP contribution in [-0.4, -0.2) is 17.7 Å². The average Bonchev–Trinajstić information content (AvgIpc) is 2.28. The summed E-state index contributed by atoms with van der Waals surface area (Å²) in [5, 5.41) is 10.0. The summed E-state index contributed by atoms with van der Waals surface area (Å²) in [7, 11) is 0. The highest BCUT2D eigenvalue weighted by Gasteiger charge is 2.25. The molecule has 0 bridgehead atoms. The first kappa shape index (κ1) is 13.2. The molecule has 1 rings (SSSR count). The molecule has 0 saturated heterocycles. The number of hydrogen-bond donors (Lipinski definition) is 1. The molecule has 88 valence electrons. The minimum atomic E-state index is -0.852. The van der Waals surface area contributed by atoms with Gasteiger partial charge in [0.25, 0.3) is 0 Å². The molecule has 0 aliphatic rings. The molecule has 0 aromatic heterocycles. The molecule has 4 heteroatoms. The Labute approximate surface area is 104 Å². The van der Waals surface area contributed by atoms with Crippen molar-refractivity contribution in [1.82, 2.24) is 0 Å². The second kappa shape index (κ2) is 6.01. The van der Waals surface area contributed by atoms with Gasteiger partial charge >= 0.3 is 5.97 Å². The molecule has 0 aliphatic carbocycles. The van der Waals surface area contributed by atoms with Gasteiger partial charge in [-0.1, -0.05) is 34.1 Å². The van der Waals surface area contributed by atoms with Gasteiger partial charge in [0.1, 0.15) is 0 Å². The Balaban J connectivity index is 2.82. The summed E-state index contributed by atoms with van der Waals surface area (Å²) in [4.78, 5) is 11.5. The molecule has 0 fully saturated rings. The van der Waals surface area contributed by atoms with Crippen LogP contribution in [0.2, 0.25) is 0 Å². The first-order chi connectivity index (χ1) is 7.57. The van der Waals surface area contributed by atoms with Crippen LogP contribution in [-0.2, 0) is 9.53 Å². The second-order valence-corrected chi connectivity index (χ2v) is 4.36. The van der Waals surface area contributed by atoms with Gasteiger partial charge in [-0.15, -0.1) is 0 Å². The molecule has 1 aromatic rings. The maximum Gasteiger partial charge on any atom is 0.311 e. The van der Waals surface area contributed by atoms with E-state index in [0.717, 1.165) is 4.47 Å². The van der Waals surface area contributed by atoms with Crippen molar-refractivity contribution in [2.45, 2.75) is 20.0 Å². The summed E-state index contributed by atoms with van der Waals surface area (Å²) in [6.07, 6.45) is -0.852. The van der Waals surface area contributed by atoms with Gasteiger partial charge in [0.15, 0.2) is 0 Å². The summed E-state index contributed by atoms with van der Waals surface area (Å²) < 4.78 is 5.66. The monoisotopic (exact) mass is 286 g/mol. The molecular weight excluding hydrogens is 272 g/mol. The molecule has 0 unspecified atom stereocenters. The van der Waals surface area contributed by atoms with E-state index in [-0.39, 0.29) is 5.97 Å². The maximum absolute atomic E-state index is 11.5. The van der Waals surface area contributed by atoms with Gasteiger partial charge in [0.05, 0.1) is 18.6 Å². The summed E-state index contributed by atoms with van der Waals surface area (Å²) in [6, 6.07) is 7.29. The molecule has 0 saturated carbocycles. The Bertz CT molecular complexity index is 365. The topological polar surface area (TPSA) is 46.5 Å². The van der Waals surface area contributed by atoms with Crippen LogP contribution in [0.5, 0.6) is 0 Å². The molecule has 0 amide bonds. The third-order valence-electron chi connectivity index (χ3n) is 2.36. The summed E-state index contributed by atoms with van der Waals surface area (Å²) in [5.41, 5.74) is 0.697. The normalized spacial score (nSPS) is 14.2. The van der Waals surface area contributed by atoms with Gasteiger partial charge in [-0.3, -0.25) is 4.79 Å². The Hall–Kier alpha value is -0.870. The van der Waals surface area contributed by atoms with Gasteiger partial charge in [0, 0.05) is 4.47 Å². The molecule has 0 radical (unpaired) electrons. The lowest BCUT2D eigenvalue weighted by atomic mass is 9.98. The highest BCUT2D eigenvalue weighted by molar-refractivity contribution is 9.10. The van der Waals surface area contributed by atoms with Gasteiger partial charge in [-0.2, -0.15) is 0 Å². The minimum absolute atomic E-state index is 0.325. The fraction of sp³-hybridized carbons (Fsp3) is 0.417. The summed E-state index contributed by atoms with van der Waals surface area (Å²) in [5.74, 6) is -0.954. The zero-order valence-electron chi connectivity index (χ0n) is 9.31. The molecule has 2 atom stereocenters. The average molecular weight is 287 g/mol. The van der Waals surface area contributed by atoms with Crippen molar-refractivity contribution in [1.29, 1.82) is 0 Å². The molecule has 16 heavy (non-hydrogen) atoms. The first-order valence-corrected chi connectivity index (χ1v) is 5.96. The number of aliphatic hydroxyl groups is 1. The fourth-order valence-electron chi connectivity index (χ4n) is 1.39. The van der Waals surface area contributed by atoms with Crippen molar-refractivity contribution in [3.05, 3.63) is 34.3 Å². The van der Waals surface area contributed by atoms with Crippen molar-refractivity contribution >= 4 is 21.9 Å².